The van der Waals surface area contributed by atoms with Crippen LogP contribution < -0.4 is 0 Å². The highest BCUT2D eigenvalue weighted by Gasteiger charge is 2.30. The molecule has 3 rings (SSSR count). The van der Waals surface area contributed by atoms with Crippen LogP contribution in [-0.2, 0) is 10.9 Å². The van der Waals surface area contributed by atoms with Gasteiger partial charge in [-0.2, -0.15) is 13.2 Å². The molecule has 0 aliphatic rings. The Kier molecular flexibility index (Phi) is 4.59. The third-order valence-electron chi connectivity index (χ3n) is 3.54. The lowest BCUT2D eigenvalue weighted by Crippen LogP contribution is -2.03. The Hall–Kier alpha value is -2.67. The van der Waals surface area contributed by atoms with E-state index in [2.05, 4.69) is 4.98 Å². The number of carbonyl (C=O) groups excluding carboxylic acids is 1. The van der Waals surface area contributed by atoms with E-state index in [4.69, 9.17) is 4.74 Å². The molecule has 0 amide bonds. The maximum absolute atomic E-state index is 12.6. The molecule has 3 aromatic rings. The molecule has 0 saturated heterocycles. The van der Waals surface area contributed by atoms with Crippen molar-refractivity contribution in [3.05, 3.63) is 65.0 Å². The van der Waals surface area contributed by atoms with E-state index in [0.29, 0.717) is 21.8 Å². The van der Waals surface area contributed by atoms with Crippen LogP contribution in [0.5, 0.6) is 0 Å². The second-order valence-corrected chi connectivity index (χ2v) is 6.04. The van der Waals surface area contributed by atoms with Gasteiger partial charge in [-0.05, 0) is 24.3 Å². The Bertz CT molecular complexity index is 901. The number of carbonyl (C=O) groups is 1. The highest BCUT2D eigenvalue weighted by molar-refractivity contribution is 7.13. The van der Waals surface area contributed by atoms with Gasteiger partial charge >= 0.3 is 12.1 Å². The molecule has 0 aliphatic carbocycles. The van der Waals surface area contributed by atoms with E-state index in [0.717, 1.165) is 17.7 Å². The molecule has 0 fully saturated rings. The number of hydrogen-bond acceptors (Lipinski definition) is 4. The lowest BCUT2D eigenvalue weighted by molar-refractivity contribution is -0.137. The van der Waals surface area contributed by atoms with Gasteiger partial charge < -0.3 is 4.74 Å². The first-order valence-corrected chi connectivity index (χ1v) is 8.08. The van der Waals surface area contributed by atoms with Gasteiger partial charge in [0, 0.05) is 16.5 Å². The summed E-state index contributed by atoms with van der Waals surface area (Å²) in [5.41, 5.74) is 1.63. The summed E-state index contributed by atoms with van der Waals surface area (Å²) < 4.78 is 42.6. The number of thiazole rings is 1. The third kappa shape index (κ3) is 3.71. The fourth-order valence-corrected chi connectivity index (χ4v) is 3.09. The maximum atomic E-state index is 12.6. The number of rotatable bonds is 3. The first-order valence-electron chi connectivity index (χ1n) is 7.20. The van der Waals surface area contributed by atoms with Crippen LogP contribution in [-0.4, -0.2) is 18.1 Å². The van der Waals surface area contributed by atoms with E-state index in [1.807, 2.05) is 6.07 Å². The van der Waals surface area contributed by atoms with Crippen molar-refractivity contribution in [3.8, 4) is 21.8 Å². The van der Waals surface area contributed by atoms with Gasteiger partial charge in [0.05, 0.1) is 23.9 Å². The maximum Gasteiger partial charge on any atom is 0.416 e. The van der Waals surface area contributed by atoms with E-state index in [-0.39, 0.29) is 0 Å². The number of halogens is 3. The normalized spacial score (nSPS) is 11.4. The summed E-state index contributed by atoms with van der Waals surface area (Å²) in [4.78, 5) is 16.1. The van der Waals surface area contributed by atoms with Gasteiger partial charge in [0.25, 0.3) is 0 Å². The Morgan fingerprint density at radius 3 is 2.44 bits per heavy atom. The molecule has 1 heterocycles. The van der Waals surface area contributed by atoms with Gasteiger partial charge in [0.15, 0.2) is 0 Å². The van der Waals surface area contributed by atoms with Crippen LogP contribution >= 0.6 is 11.3 Å². The van der Waals surface area contributed by atoms with E-state index in [9.17, 15) is 18.0 Å². The lowest BCUT2D eigenvalue weighted by Gasteiger charge is -2.06. The highest BCUT2D eigenvalue weighted by Crippen LogP contribution is 2.33. The molecule has 0 atom stereocenters. The van der Waals surface area contributed by atoms with Gasteiger partial charge in [-0.15, -0.1) is 11.3 Å². The molecule has 7 heteroatoms. The molecule has 0 aliphatic heterocycles. The monoisotopic (exact) mass is 363 g/mol. The Labute approximate surface area is 145 Å². The molecule has 3 nitrogen and oxygen atoms in total. The first-order chi connectivity index (χ1) is 11.9. The number of methoxy groups -OCH3 is 1. The van der Waals surface area contributed by atoms with Crippen LogP contribution in [0.2, 0.25) is 0 Å². The summed E-state index contributed by atoms with van der Waals surface area (Å²) >= 11 is 1.35. The summed E-state index contributed by atoms with van der Waals surface area (Å²) in [6, 6.07) is 11.7. The molecule has 1 aromatic heterocycles. The zero-order chi connectivity index (χ0) is 18.0. The van der Waals surface area contributed by atoms with Gasteiger partial charge in [-0.3, -0.25) is 0 Å². The summed E-state index contributed by atoms with van der Waals surface area (Å²) in [6.45, 7) is 0. The minimum absolute atomic E-state index is 0.409. The highest BCUT2D eigenvalue weighted by atomic mass is 32.1. The molecule has 25 heavy (non-hydrogen) atoms. The van der Waals surface area contributed by atoms with Crippen molar-refractivity contribution in [1.82, 2.24) is 4.98 Å². The summed E-state index contributed by atoms with van der Waals surface area (Å²) in [7, 11) is 1.31. The van der Waals surface area contributed by atoms with Crippen LogP contribution in [0.1, 0.15) is 15.9 Å². The predicted molar refractivity (Wildman–Crippen MR) is 89.3 cm³/mol. The smallest absolute Gasteiger partial charge is 0.416 e. The van der Waals surface area contributed by atoms with Crippen LogP contribution in [0.4, 0.5) is 13.2 Å². The minimum atomic E-state index is -4.36. The molecule has 0 N–H and O–H groups in total. The van der Waals surface area contributed by atoms with E-state index < -0.39 is 17.7 Å². The van der Waals surface area contributed by atoms with Crippen LogP contribution in [0, 0.1) is 0 Å². The second-order valence-electron chi connectivity index (χ2n) is 5.19. The first kappa shape index (κ1) is 17.2. The van der Waals surface area contributed by atoms with Gasteiger partial charge in [0.2, 0.25) is 0 Å². The fourth-order valence-electron chi connectivity index (χ4n) is 2.27. The average molecular weight is 363 g/mol. The number of nitrogens with zero attached hydrogens (tertiary/aromatic N) is 1. The quantitative estimate of drug-likeness (QED) is 0.594. The van der Waals surface area contributed by atoms with Crippen LogP contribution in [0.3, 0.4) is 0 Å². The fraction of sp³-hybridized carbons (Fsp3) is 0.111. The number of benzene rings is 2. The number of aromatic nitrogens is 1. The van der Waals surface area contributed by atoms with Crippen molar-refractivity contribution in [2.24, 2.45) is 0 Å². The molecule has 128 valence electrons. The Morgan fingerprint density at radius 1 is 1.08 bits per heavy atom. The minimum Gasteiger partial charge on any atom is -0.465 e. The van der Waals surface area contributed by atoms with Crippen molar-refractivity contribution in [3.63, 3.8) is 0 Å². The van der Waals surface area contributed by atoms with Crippen LogP contribution in [0.25, 0.3) is 21.8 Å². The van der Waals surface area contributed by atoms with Crippen molar-refractivity contribution in [2.45, 2.75) is 6.18 Å². The molecular formula is C18H12F3NO2S. The summed E-state index contributed by atoms with van der Waals surface area (Å²) in [6.07, 6.45) is -4.36. The molecule has 0 radical (unpaired) electrons. The third-order valence-corrected chi connectivity index (χ3v) is 4.43. The lowest BCUT2D eigenvalue weighted by atomic mass is 10.1. The second kappa shape index (κ2) is 6.68. The average Bonchev–Trinajstić information content (AvgIpc) is 3.10. The Morgan fingerprint density at radius 2 is 1.80 bits per heavy atom. The standard InChI is InChI=1S/C18H12F3NO2S/c1-24-17(23)13-4-2-3-12(9-13)16-22-15(10-25-16)11-5-7-14(8-6-11)18(19,20)21/h2-10H,1H3. The number of alkyl halides is 3. The van der Waals surface area contributed by atoms with Gasteiger partial charge in [0.1, 0.15) is 5.01 Å². The van der Waals surface area contributed by atoms with Gasteiger partial charge in [-0.1, -0.05) is 24.3 Å². The van der Waals surface area contributed by atoms with Crippen molar-refractivity contribution in [2.75, 3.05) is 7.11 Å². The SMILES string of the molecule is COC(=O)c1cccc(-c2nc(-c3ccc(C(F)(F)F)cc3)cs2)c1. The molecule has 2 aromatic carbocycles. The number of esters is 1. The summed E-state index contributed by atoms with van der Waals surface area (Å²) in [5, 5.41) is 2.43. The summed E-state index contributed by atoms with van der Waals surface area (Å²) in [5.74, 6) is -0.443. The Balaban J connectivity index is 1.89. The van der Waals surface area contributed by atoms with Crippen molar-refractivity contribution in [1.29, 1.82) is 0 Å². The van der Waals surface area contributed by atoms with Crippen molar-refractivity contribution < 1.29 is 22.7 Å². The molecule has 0 spiro atoms. The molecule has 0 unspecified atom stereocenters. The molecule has 0 bridgehead atoms. The van der Waals surface area contributed by atoms with E-state index in [1.165, 1.54) is 30.6 Å². The van der Waals surface area contributed by atoms with Crippen LogP contribution in [0.15, 0.2) is 53.9 Å². The van der Waals surface area contributed by atoms with E-state index in [1.54, 1.807) is 23.6 Å². The topological polar surface area (TPSA) is 39.2 Å². The zero-order valence-corrected chi connectivity index (χ0v) is 13.8. The number of ether oxygens (including phenoxy) is 1. The molecule has 0 saturated carbocycles. The zero-order valence-electron chi connectivity index (χ0n) is 13.0. The van der Waals surface area contributed by atoms with Crippen molar-refractivity contribution >= 4 is 17.3 Å². The van der Waals surface area contributed by atoms with E-state index >= 15 is 0 Å². The largest absolute Gasteiger partial charge is 0.465 e. The molecular weight excluding hydrogens is 351 g/mol. The predicted octanol–water partition coefficient (Wildman–Crippen LogP) is 5.28. The number of hydrogen-bond donors (Lipinski definition) is 0. The van der Waals surface area contributed by atoms with Gasteiger partial charge in [-0.25, -0.2) is 9.78 Å².